The minimum absolute atomic E-state index is 0. The Kier molecular flexibility index (Phi) is 22.0. The van der Waals surface area contributed by atoms with E-state index >= 15 is 0 Å². The molecule has 6 heteroatoms. The van der Waals surface area contributed by atoms with E-state index in [-0.39, 0.29) is 25.5 Å². The first-order chi connectivity index (χ1) is 11.1. The zero-order valence-electron chi connectivity index (χ0n) is 16.1. The fourth-order valence-corrected chi connectivity index (χ4v) is 3.13. The van der Waals surface area contributed by atoms with Crippen molar-refractivity contribution in [2.45, 2.75) is 110 Å². The quantitative estimate of drug-likeness (QED) is 0.164. The van der Waals surface area contributed by atoms with Gasteiger partial charge in [-0.15, -0.1) is 0 Å². The van der Waals surface area contributed by atoms with E-state index in [2.05, 4.69) is 11.1 Å². The first kappa shape index (κ1) is 26.7. The maximum Gasteiger partial charge on any atom is 1.00 e. The van der Waals surface area contributed by atoms with Crippen molar-refractivity contribution in [1.29, 1.82) is 0 Å². The van der Waals surface area contributed by atoms with Gasteiger partial charge in [0.15, 0.2) is 0 Å². The zero-order chi connectivity index (χ0) is 17.2. The number of hydrogen-bond acceptors (Lipinski definition) is 4. The third-order valence-corrected chi connectivity index (χ3v) is 4.68. The van der Waals surface area contributed by atoms with Gasteiger partial charge in [0.25, 0.3) is 0 Å². The number of hydrogen-bond donors (Lipinski definition) is 0. The fraction of sp³-hybridized carbons (Fsp3) is 1.00. The van der Waals surface area contributed by atoms with Crippen LogP contribution in [0.5, 0.6) is 0 Å². The molecule has 4 nitrogen and oxygen atoms in total. The van der Waals surface area contributed by atoms with Crippen molar-refractivity contribution in [3.63, 3.8) is 0 Å². The van der Waals surface area contributed by atoms with Gasteiger partial charge in [-0.2, -0.15) is 0 Å². The molecule has 24 heavy (non-hydrogen) atoms. The Hall–Kier alpha value is 0.467. The van der Waals surface area contributed by atoms with Crippen LogP contribution in [0.25, 0.3) is 0 Å². The second-order valence-electron chi connectivity index (χ2n) is 6.53. The molecule has 0 aliphatic carbocycles. The molecule has 0 spiro atoms. The Balaban J connectivity index is 0. The van der Waals surface area contributed by atoms with E-state index in [1.54, 1.807) is 0 Å². The Morgan fingerprint density at radius 1 is 0.625 bits per heavy atom. The molecule has 0 radical (unpaired) electrons. The molecule has 0 saturated heterocycles. The van der Waals surface area contributed by atoms with Gasteiger partial charge in [-0.3, -0.25) is 4.18 Å². The molecule has 0 bridgehead atoms. The van der Waals surface area contributed by atoms with Crippen LogP contribution in [0.15, 0.2) is 0 Å². The van der Waals surface area contributed by atoms with Crippen LogP contribution in [0.2, 0.25) is 0 Å². The zero-order valence-corrected chi connectivity index (χ0v) is 16.9. The van der Waals surface area contributed by atoms with Gasteiger partial charge in [0.1, 0.15) is 0 Å². The Labute approximate surface area is 162 Å². The maximum absolute atomic E-state index is 10.2. The molecule has 0 atom stereocenters. The molecule has 0 aromatic carbocycles. The van der Waals surface area contributed by atoms with E-state index in [0.717, 1.165) is 12.8 Å². The molecular formula is C18H37LiO4S. The smallest absolute Gasteiger partial charge is 0.726 e. The van der Waals surface area contributed by atoms with E-state index in [1.807, 2.05) is 0 Å². The summed E-state index contributed by atoms with van der Waals surface area (Å²) in [5.41, 5.74) is 0. The van der Waals surface area contributed by atoms with Crippen LogP contribution in [0.3, 0.4) is 0 Å². The SMILES string of the molecule is CCCCCCCCCCCCCCCCCCOS(=O)(=O)[O-].[Li+]. The van der Waals surface area contributed by atoms with Crippen LogP contribution in [-0.2, 0) is 14.6 Å². The van der Waals surface area contributed by atoms with E-state index in [1.165, 1.54) is 83.5 Å². The topological polar surface area (TPSA) is 66.4 Å². The molecule has 0 heterocycles. The van der Waals surface area contributed by atoms with E-state index < -0.39 is 10.4 Å². The Bertz CT molecular complexity index is 334. The Morgan fingerprint density at radius 2 is 0.917 bits per heavy atom. The summed E-state index contributed by atoms with van der Waals surface area (Å²) in [5, 5.41) is 0. The summed E-state index contributed by atoms with van der Waals surface area (Å²) in [6.07, 6.45) is 20.3. The number of rotatable bonds is 18. The predicted octanol–water partition coefficient (Wildman–Crippen LogP) is 2.73. The van der Waals surface area contributed by atoms with Crippen molar-refractivity contribution >= 4 is 10.4 Å². The van der Waals surface area contributed by atoms with E-state index in [0.29, 0.717) is 6.42 Å². The van der Waals surface area contributed by atoms with Crippen molar-refractivity contribution < 1.29 is 36.0 Å². The van der Waals surface area contributed by atoms with Crippen LogP contribution in [0, 0.1) is 0 Å². The first-order valence-corrected chi connectivity index (χ1v) is 11.0. The molecule has 0 saturated carbocycles. The summed E-state index contributed by atoms with van der Waals surface area (Å²) >= 11 is 0. The molecule has 0 rings (SSSR count). The van der Waals surface area contributed by atoms with Crippen LogP contribution >= 0.6 is 0 Å². The minimum atomic E-state index is -4.49. The Morgan fingerprint density at radius 3 is 1.21 bits per heavy atom. The fourth-order valence-electron chi connectivity index (χ4n) is 2.81. The average Bonchev–Trinajstić information content (AvgIpc) is 2.49. The molecule has 0 aliphatic rings. The normalized spacial score (nSPS) is 11.4. The van der Waals surface area contributed by atoms with Gasteiger partial charge in [0, 0.05) is 0 Å². The van der Waals surface area contributed by atoms with Crippen molar-refractivity contribution in [1.82, 2.24) is 0 Å². The van der Waals surface area contributed by atoms with Gasteiger partial charge in [0.05, 0.1) is 6.61 Å². The molecule has 0 aliphatic heterocycles. The molecule has 0 unspecified atom stereocenters. The van der Waals surface area contributed by atoms with Gasteiger partial charge in [0.2, 0.25) is 10.4 Å². The summed E-state index contributed by atoms with van der Waals surface area (Å²) in [6, 6.07) is 0. The average molecular weight is 356 g/mol. The maximum atomic E-state index is 10.2. The minimum Gasteiger partial charge on any atom is -0.726 e. The third-order valence-electron chi connectivity index (χ3n) is 4.23. The van der Waals surface area contributed by atoms with Crippen LogP contribution in [0.4, 0.5) is 0 Å². The van der Waals surface area contributed by atoms with Crippen LogP contribution < -0.4 is 18.9 Å². The predicted molar refractivity (Wildman–Crippen MR) is 95.2 cm³/mol. The van der Waals surface area contributed by atoms with Gasteiger partial charge in [-0.05, 0) is 6.42 Å². The molecule has 0 N–H and O–H groups in total. The summed E-state index contributed by atoms with van der Waals surface area (Å²) in [4.78, 5) is 0. The molecule has 0 fully saturated rings. The standard InChI is InChI=1S/C18H38O4S.Li/c1-2-3-4-5-6-7-8-9-10-11-12-13-14-15-16-17-18-22-23(19,20)21;/h2-18H2,1H3,(H,19,20,21);/q;+1/p-1. The van der Waals surface area contributed by atoms with Crippen molar-refractivity contribution in [3.8, 4) is 0 Å². The van der Waals surface area contributed by atoms with Crippen molar-refractivity contribution in [2.75, 3.05) is 6.61 Å². The summed E-state index contributed by atoms with van der Waals surface area (Å²) in [7, 11) is -4.49. The van der Waals surface area contributed by atoms with Crippen molar-refractivity contribution in [2.24, 2.45) is 0 Å². The monoisotopic (exact) mass is 356 g/mol. The van der Waals surface area contributed by atoms with Crippen LogP contribution in [-0.4, -0.2) is 19.6 Å². The molecule has 0 amide bonds. The summed E-state index contributed by atoms with van der Waals surface area (Å²) < 4.78 is 34.8. The molecular weight excluding hydrogens is 319 g/mol. The molecule has 140 valence electrons. The van der Waals surface area contributed by atoms with E-state index in [9.17, 15) is 13.0 Å². The second kappa shape index (κ2) is 19.8. The van der Waals surface area contributed by atoms with Gasteiger partial charge < -0.3 is 4.55 Å². The van der Waals surface area contributed by atoms with Crippen molar-refractivity contribution in [3.05, 3.63) is 0 Å². The largest absolute Gasteiger partial charge is 1.00 e. The van der Waals surface area contributed by atoms with Gasteiger partial charge in [-0.25, -0.2) is 8.42 Å². The summed E-state index contributed by atoms with van der Waals surface area (Å²) in [5.74, 6) is 0. The van der Waals surface area contributed by atoms with Gasteiger partial charge in [-0.1, -0.05) is 103 Å². The van der Waals surface area contributed by atoms with Crippen LogP contribution in [0.1, 0.15) is 110 Å². The molecule has 0 aromatic rings. The second-order valence-corrected chi connectivity index (χ2v) is 7.59. The van der Waals surface area contributed by atoms with E-state index in [4.69, 9.17) is 0 Å². The third kappa shape index (κ3) is 24.7. The number of unbranched alkanes of at least 4 members (excludes halogenated alkanes) is 15. The first-order valence-electron chi connectivity index (χ1n) is 9.66. The van der Waals surface area contributed by atoms with Gasteiger partial charge >= 0.3 is 18.9 Å². The molecule has 0 aromatic heterocycles. The summed E-state index contributed by atoms with van der Waals surface area (Å²) in [6.45, 7) is 2.29.